The summed E-state index contributed by atoms with van der Waals surface area (Å²) in [7, 11) is -3.32. The molecule has 4 rings (SSSR count). The number of carbonyl (C=O) groups excluding carboxylic acids is 1. The number of nitrogens with zero attached hydrogens (tertiary/aromatic N) is 3. The summed E-state index contributed by atoms with van der Waals surface area (Å²) in [5.41, 5.74) is 3.23. The second kappa shape index (κ2) is 8.39. The molecule has 7 nitrogen and oxygen atoms in total. The Morgan fingerprint density at radius 2 is 1.79 bits per heavy atom. The molecule has 2 heterocycles. The number of nitrogens with one attached hydrogen (secondary N) is 1. The molecule has 0 saturated carbocycles. The van der Waals surface area contributed by atoms with Crippen molar-refractivity contribution in [2.75, 3.05) is 11.1 Å². The van der Waals surface area contributed by atoms with Crippen molar-refractivity contribution in [2.45, 2.75) is 44.9 Å². The van der Waals surface area contributed by atoms with Crippen molar-refractivity contribution in [3.8, 4) is 5.13 Å². The second-order valence-corrected chi connectivity index (χ2v) is 12.2. The van der Waals surface area contributed by atoms with Crippen LogP contribution in [0.3, 0.4) is 0 Å². The van der Waals surface area contributed by atoms with Crippen molar-refractivity contribution in [3.63, 3.8) is 0 Å². The molecule has 33 heavy (non-hydrogen) atoms. The highest BCUT2D eigenvalue weighted by Gasteiger charge is 2.19. The van der Waals surface area contributed by atoms with E-state index in [0.29, 0.717) is 16.5 Å². The number of aromatic nitrogens is 3. The predicted octanol–water partition coefficient (Wildman–Crippen LogP) is 5.13. The molecule has 0 unspecified atom stereocenters. The number of aryl methyl sites for hydroxylation is 1. The molecule has 4 aromatic rings. The normalized spacial score (nSPS) is 12.3. The number of amides is 1. The Morgan fingerprint density at radius 1 is 1.09 bits per heavy atom. The minimum Gasteiger partial charge on any atom is -0.306 e. The number of hydrogen-bond donors (Lipinski definition) is 1. The lowest BCUT2D eigenvalue weighted by atomic mass is 9.87. The van der Waals surface area contributed by atoms with E-state index in [9.17, 15) is 13.2 Å². The lowest BCUT2D eigenvalue weighted by Gasteiger charge is -2.18. The number of anilines is 1. The summed E-state index contributed by atoms with van der Waals surface area (Å²) >= 11 is 1.51. The van der Waals surface area contributed by atoms with Crippen LogP contribution in [-0.4, -0.2) is 34.8 Å². The van der Waals surface area contributed by atoms with Gasteiger partial charge in [-0.05, 0) is 54.3 Å². The van der Waals surface area contributed by atoms with Crippen molar-refractivity contribution < 1.29 is 13.2 Å². The maximum Gasteiger partial charge on any atom is 0.256 e. The van der Waals surface area contributed by atoms with E-state index in [4.69, 9.17) is 4.98 Å². The monoisotopic (exact) mass is 482 g/mol. The molecule has 0 aliphatic carbocycles. The summed E-state index contributed by atoms with van der Waals surface area (Å²) in [6, 6.07) is 14.0. The van der Waals surface area contributed by atoms with E-state index >= 15 is 0 Å². The molecule has 0 bridgehead atoms. The molecule has 0 spiro atoms. The number of thiazole rings is 1. The van der Waals surface area contributed by atoms with Gasteiger partial charge in [0.15, 0.2) is 9.84 Å². The van der Waals surface area contributed by atoms with Gasteiger partial charge in [0, 0.05) is 11.6 Å². The number of benzene rings is 2. The van der Waals surface area contributed by atoms with Crippen LogP contribution in [0.1, 0.15) is 49.3 Å². The summed E-state index contributed by atoms with van der Waals surface area (Å²) in [6.45, 7) is 9.95. The van der Waals surface area contributed by atoms with E-state index in [1.54, 1.807) is 17.7 Å². The highest BCUT2D eigenvalue weighted by Crippen LogP contribution is 2.31. The van der Waals surface area contributed by atoms with Crippen LogP contribution in [0.5, 0.6) is 0 Å². The molecular weight excluding hydrogens is 456 g/mol. The molecule has 172 valence electrons. The van der Waals surface area contributed by atoms with Crippen molar-refractivity contribution >= 4 is 43.1 Å². The smallest absolute Gasteiger partial charge is 0.256 e. The Hall–Kier alpha value is -3.04. The third kappa shape index (κ3) is 4.69. The lowest BCUT2D eigenvalue weighted by molar-refractivity contribution is 0.102. The molecule has 1 N–H and O–H groups in total. The number of carbonyl (C=O) groups is 1. The number of sulfone groups is 1. The van der Waals surface area contributed by atoms with Gasteiger partial charge in [-0.3, -0.25) is 4.79 Å². The minimum absolute atomic E-state index is 0.0103. The topological polar surface area (TPSA) is 94.0 Å². The van der Waals surface area contributed by atoms with Crippen LogP contribution in [-0.2, 0) is 15.3 Å². The van der Waals surface area contributed by atoms with Crippen molar-refractivity contribution in [3.05, 3.63) is 65.4 Å². The number of rotatable bonds is 5. The Balaban J connectivity index is 1.63. The number of hydrogen-bond acceptors (Lipinski definition) is 6. The fourth-order valence-electron chi connectivity index (χ4n) is 3.37. The summed E-state index contributed by atoms with van der Waals surface area (Å²) in [5.74, 6) is 0.154. The second-order valence-electron chi connectivity index (χ2n) is 8.89. The number of fused-ring (bicyclic) bond motifs is 1. The van der Waals surface area contributed by atoms with Crippen LogP contribution in [0.4, 0.5) is 5.82 Å². The molecule has 2 aromatic heterocycles. The van der Waals surface area contributed by atoms with E-state index < -0.39 is 9.84 Å². The molecule has 0 aliphatic heterocycles. The fraction of sp³-hybridized carbons (Fsp3) is 0.292. The Bertz CT molecular complexity index is 1440. The first-order valence-electron chi connectivity index (χ1n) is 10.6. The Kier molecular flexibility index (Phi) is 5.88. The van der Waals surface area contributed by atoms with Gasteiger partial charge in [-0.1, -0.05) is 45.1 Å². The zero-order valence-corrected chi connectivity index (χ0v) is 20.8. The van der Waals surface area contributed by atoms with Crippen molar-refractivity contribution in [1.29, 1.82) is 0 Å². The van der Waals surface area contributed by atoms with E-state index in [0.717, 1.165) is 15.9 Å². The van der Waals surface area contributed by atoms with E-state index in [-0.39, 0.29) is 22.0 Å². The fourth-order valence-corrected chi connectivity index (χ4v) is 5.23. The lowest BCUT2D eigenvalue weighted by Crippen LogP contribution is -2.15. The minimum atomic E-state index is -3.32. The molecule has 0 aliphatic rings. The summed E-state index contributed by atoms with van der Waals surface area (Å²) in [6.07, 6.45) is 0. The average molecular weight is 483 g/mol. The van der Waals surface area contributed by atoms with Crippen LogP contribution < -0.4 is 5.32 Å². The summed E-state index contributed by atoms with van der Waals surface area (Å²) in [5, 5.41) is 8.06. The largest absolute Gasteiger partial charge is 0.306 e. The maximum atomic E-state index is 12.8. The maximum absolute atomic E-state index is 12.8. The van der Waals surface area contributed by atoms with Crippen LogP contribution in [0, 0.1) is 6.92 Å². The third-order valence-corrected chi connectivity index (χ3v) is 8.10. The zero-order valence-electron chi connectivity index (χ0n) is 19.2. The molecule has 0 radical (unpaired) electrons. The molecule has 0 saturated heterocycles. The highest BCUT2D eigenvalue weighted by atomic mass is 32.2. The van der Waals surface area contributed by atoms with Gasteiger partial charge < -0.3 is 5.32 Å². The van der Waals surface area contributed by atoms with Gasteiger partial charge in [0.25, 0.3) is 5.91 Å². The Morgan fingerprint density at radius 3 is 2.42 bits per heavy atom. The van der Waals surface area contributed by atoms with E-state index in [2.05, 4.69) is 43.3 Å². The van der Waals surface area contributed by atoms with Gasteiger partial charge in [0.05, 0.1) is 26.6 Å². The molecular formula is C24H26N4O3S2. The zero-order chi connectivity index (χ0) is 24.0. The first-order valence-corrected chi connectivity index (χ1v) is 13.1. The molecule has 0 atom stereocenters. The quantitative estimate of drug-likeness (QED) is 0.425. The summed E-state index contributed by atoms with van der Waals surface area (Å²) < 4.78 is 26.7. The Labute approximate surface area is 197 Å². The van der Waals surface area contributed by atoms with Crippen LogP contribution >= 0.6 is 11.3 Å². The van der Waals surface area contributed by atoms with Crippen molar-refractivity contribution in [1.82, 2.24) is 14.8 Å². The van der Waals surface area contributed by atoms with Gasteiger partial charge in [-0.15, -0.1) is 0 Å². The van der Waals surface area contributed by atoms with Crippen LogP contribution in [0.15, 0.2) is 53.4 Å². The standard InChI is InChI=1S/C24H26N4O3S2/c1-6-33(30,31)18-10-7-16(8-11-18)22(29)26-21-13-15(2)27-28(21)23-25-19-12-9-17(24(3,4)5)14-20(19)32-23/h7-14H,6H2,1-5H3,(H,26,29). The van der Waals surface area contributed by atoms with Gasteiger partial charge in [0.2, 0.25) is 5.13 Å². The molecule has 2 aromatic carbocycles. The highest BCUT2D eigenvalue weighted by molar-refractivity contribution is 7.91. The predicted molar refractivity (Wildman–Crippen MR) is 132 cm³/mol. The van der Waals surface area contributed by atoms with Crippen LogP contribution in [0.2, 0.25) is 0 Å². The molecule has 1 amide bonds. The van der Waals surface area contributed by atoms with E-state index in [1.807, 2.05) is 13.0 Å². The van der Waals surface area contributed by atoms with E-state index in [1.165, 1.54) is 41.2 Å². The van der Waals surface area contributed by atoms with Gasteiger partial charge in [-0.2, -0.15) is 9.78 Å². The van der Waals surface area contributed by atoms with Crippen molar-refractivity contribution in [2.24, 2.45) is 0 Å². The van der Waals surface area contributed by atoms with Gasteiger partial charge in [-0.25, -0.2) is 13.4 Å². The summed E-state index contributed by atoms with van der Waals surface area (Å²) in [4.78, 5) is 17.8. The first-order chi connectivity index (χ1) is 15.5. The SMILES string of the molecule is CCS(=O)(=O)c1ccc(C(=O)Nc2cc(C)nn2-c2nc3ccc(C(C)(C)C)cc3s2)cc1. The first kappa shape index (κ1) is 23.1. The molecule has 0 fully saturated rings. The van der Waals surface area contributed by atoms with Crippen LogP contribution in [0.25, 0.3) is 15.3 Å². The van der Waals surface area contributed by atoms with Gasteiger partial charge >= 0.3 is 0 Å². The molecule has 9 heteroatoms. The van der Waals surface area contributed by atoms with Gasteiger partial charge in [0.1, 0.15) is 5.82 Å². The third-order valence-electron chi connectivity index (χ3n) is 5.35. The average Bonchev–Trinajstić information content (AvgIpc) is 3.35.